The van der Waals surface area contributed by atoms with E-state index in [1.54, 1.807) is 32.7 Å². The number of aryl methyl sites for hydroxylation is 1. The van der Waals surface area contributed by atoms with E-state index in [1.807, 2.05) is 48.3 Å². The number of fused-ring (bicyclic) bond motifs is 2. The standard InChI is InChI=1S/C32H40N8O8/c1-32(2)47-24-25(29(41)34-11-9-20(33)31(42)45-6)46-30(26(24)48-32)40-15-19(21-10-12-39(3)38-21)23-27(36-16-37-28(23)40)35-14-17-7-8-18(43-4)13-22(17)44-5/h7-8,10,12-13,15-16,20,24-26,30H,9,11,14,33H2,1-6H3,(H,34,41)(H,35,36,37)/t20-,24+,25-,26+,30+/m0/s1. The zero-order valence-electron chi connectivity index (χ0n) is 27.6. The highest BCUT2D eigenvalue weighted by molar-refractivity contribution is 6.00. The number of anilines is 1. The minimum Gasteiger partial charge on any atom is -0.497 e. The molecule has 16 heteroatoms. The van der Waals surface area contributed by atoms with E-state index in [0.29, 0.717) is 40.6 Å². The van der Waals surface area contributed by atoms with Crippen LogP contribution in [-0.4, -0.2) is 94.2 Å². The molecule has 16 nitrogen and oxygen atoms in total. The van der Waals surface area contributed by atoms with E-state index in [0.717, 1.165) is 11.1 Å². The summed E-state index contributed by atoms with van der Waals surface area (Å²) in [6, 6.07) is 6.64. The van der Waals surface area contributed by atoms with Gasteiger partial charge >= 0.3 is 5.97 Å². The van der Waals surface area contributed by atoms with Gasteiger partial charge in [-0.2, -0.15) is 5.10 Å². The summed E-state index contributed by atoms with van der Waals surface area (Å²) in [6.45, 7) is 4.11. The second kappa shape index (κ2) is 13.4. The Labute approximate surface area is 276 Å². The molecule has 5 heterocycles. The van der Waals surface area contributed by atoms with Crippen LogP contribution in [0.2, 0.25) is 0 Å². The number of nitrogens with two attached hydrogens (primary N) is 1. The summed E-state index contributed by atoms with van der Waals surface area (Å²) in [5.41, 5.74) is 8.72. The SMILES string of the molecule is COC(=O)[C@@H](N)CCNC(=O)[C@H]1O[C@@H](n2cc(-c3ccn(C)n3)c3c(NCc4ccc(OC)cc4OC)ncnc32)[C@@H]2OC(C)(C)O[C@@H]21. The number of nitrogens with zero attached hydrogens (tertiary/aromatic N) is 5. The van der Waals surface area contributed by atoms with Gasteiger partial charge in [0.15, 0.2) is 18.1 Å². The molecule has 0 spiro atoms. The van der Waals surface area contributed by atoms with Gasteiger partial charge in [0.25, 0.3) is 5.91 Å². The smallest absolute Gasteiger partial charge is 0.322 e. The number of carbonyl (C=O) groups excluding carboxylic acids is 2. The average Bonchev–Trinajstić information content (AvgIpc) is 3.84. The van der Waals surface area contributed by atoms with Crippen molar-refractivity contribution in [2.75, 3.05) is 33.2 Å². The number of ether oxygens (including phenoxy) is 6. The monoisotopic (exact) mass is 664 g/mol. The molecule has 4 N–H and O–H groups in total. The largest absolute Gasteiger partial charge is 0.497 e. The highest BCUT2D eigenvalue weighted by atomic mass is 16.8. The number of carbonyl (C=O) groups is 2. The molecule has 0 saturated carbocycles. The first-order valence-corrected chi connectivity index (χ1v) is 15.5. The van der Waals surface area contributed by atoms with Crippen LogP contribution in [0.3, 0.4) is 0 Å². The molecule has 0 unspecified atom stereocenters. The maximum Gasteiger partial charge on any atom is 0.322 e. The Balaban J connectivity index is 1.34. The minimum atomic E-state index is -1.02. The van der Waals surface area contributed by atoms with Crippen LogP contribution in [0, 0.1) is 0 Å². The van der Waals surface area contributed by atoms with Gasteiger partial charge < -0.3 is 49.4 Å². The fourth-order valence-electron chi connectivity index (χ4n) is 6.08. The Hall–Kier alpha value is -4.77. The molecule has 3 aromatic heterocycles. The highest BCUT2D eigenvalue weighted by Crippen LogP contribution is 2.46. The first-order valence-electron chi connectivity index (χ1n) is 15.5. The maximum absolute atomic E-state index is 13.5. The zero-order valence-corrected chi connectivity index (χ0v) is 27.6. The van der Waals surface area contributed by atoms with Crippen LogP contribution in [0.25, 0.3) is 22.3 Å². The van der Waals surface area contributed by atoms with Crippen LogP contribution in [0.4, 0.5) is 5.82 Å². The molecule has 5 atom stereocenters. The number of rotatable bonds is 12. The summed E-state index contributed by atoms with van der Waals surface area (Å²) in [4.78, 5) is 34.4. The second-order valence-electron chi connectivity index (χ2n) is 12.0. The molecular weight excluding hydrogens is 624 g/mol. The first kappa shape index (κ1) is 33.1. The topological polar surface area (TPSA) is 188 Å². The highest BCUT2D eigenvalue weighted by Gasteiger charge is 2.58. The van der Waals surface area contributed by atoms with Crippen LogP contribution >= 0.6 is 0 Å². The van der Waals surface area contributed by atoms with Gasteiger partial charge in [0.2, 0.25) is 0 Å². The van der Waals surface area contributed by atoms with Crippen molar-refractivity contribution in [3.05, 3.63) is 48.5 Å². The summed E-state index contributed by atoms with van der Waals surface area (Å²) in [6.07, 6.45) is 2.19. The summed E-state index contributed by atoms with van der Waals surface area (Å²) in [5.74, 6) is -0.0441. The van der Waals surface area contributed by atoms with Crippen LogP contribution in [0.1, 0.15) is 32.1 Å². The zero-order chi connectivity index (χ0) is 34.2. The number of hydrogen-bond donors (Lipinski definition) is 3. The van der Waals surface area contributed by atoms with Crippen molar-refractivity contribution in [1.29, 1.82) is 0 Å². The third-order valence-corrected chi connectivity index (χ3v) is 8.36. The van der Waals surface area contributed by atoms with Crippen molar-refractivity contribution in [3.8, 4) is 22.8 Å². The lowest BCUT2D eigenvalue weighted by molar-refractivity contribution is -0.197. The summed E-state index contributed by atoms with van der Waals surface area (Å²) >= 11 is 0. The molecule has 48 heavy (non-hydrogen) atoms. The van der Waals surface area contributed by atoms with Gasteiger partial charge in [0.1, 0.15) is 47.5 Å². The number of nitrogens with one attached hydrogen (secondary N) is 2. The molecule has 0 aliphatic carbocycles. The number of amides is 1. The fraction of sp³-hybridized carbons (Fsp3) is 0.469. The minimum absolute atomic E-state index is 0.138. The normalized spacial score (nSPS) is 21.9. The molecular formula is C32H40N8O8. The van der Waals surface area contributed by atoms with Crippen LogP contribution in [-0.2, 0) is 42.1 Å². The number of esters is 1. The summed E-state index contributed by atoms with van der Waals surface area (Å²) in [7, 11) is 6.31. The van der Waals surface area contributed by atoms with E-state index in [2.05, 4.69) is 30.4 Å². The molecule has 6 rings (SSSR count). The summed E-state index contributed by atoms with van der Waals surface area (Å²) in [5, 5.41) is 11.6. The lowest BCUT2D eigenvalue weighted by atomic mass is 10.1. The molecule has 0 radical (unpaired) electrons. The molecule has 2 aliphatic rings. The Bertz CT molecular complexity index is 1810. The quantitative estimate of drug-likeness (QED) is 0.187. The van der Waals surface area contributed by atoms with E-state index in [1.165, 1.54) is 13.4 Å². The number of aromatic nitrogens is 5. The van der Waals surface area contributed by atoms with Gasteiger partial charge in [0, 0.05) is 49.7 Å². The predicted octanol–water partition coefficient (Wildman–Crippen LogP) is 1.89. The van der Waals surface area contributed by atoms with E-state index >= 15 is 0 Å². The van der Waals surface area contributed by atoms with Crippen molar-refractivity contribution in [1.82, 2.24) is 29.6 Å². The third-order valence-electron chi connectivity index (χ3n) is 8.36. The third kappa shape index (κ3) is 6.38. The second-order valence-corrected chi connectivity index (χ2v) is 12.0. The van der Waals surface area contributed by atoms with Crippen LogP contribution in [0.15, 0.2) is 43.0 Å². The lowest BCUT2D eigenvalue weighted by Crippen LogP contribution is -2.44. The molecule has 2 saturated heterocycles. The van der Waals surface area contributed by atoms with Gasteiger partial charge in [-0.15, -0.1) is 0 Å². The van der Waals surface area contributed by atoms with E-state index in [-0.39, 0.29) is 13.0 Å². The van der Waals surface area contributed by atoms with Crippen LogP contribution in [0.5, 0.6) is 11.5 Å². The molecule has 4 aromatic rings. The van der Waals surface area contributed by atoms with Crippen molar-refractivity contribution >= 4 is 28.7 Å². The molecule has 1 aromatic carbocycles. The van der Waals surface area contributed by atoms with Gasteiger partial charge in [-0.05, 0) is 38.5 Å². The molecule has 2 fully saturated rings. The van der Waals surface area contributed by atoms with Gasteiger partial charge in [-0.25, -0.2) is 9.97 Å². The fourth-order valence-corrected chi connectivity index (χ4v) is 6.08. The van der Waals surface area contributed by atoms with Gasteiger partial charge in [-0.1, -0.05) is 0 Å². The lowest BCUT2D eigenvalue weighted by Gasteiger charge is -2.24. The van der Waals surface area contributed by atoms with Crippen LogP contribution < -0.4 is 25.8 Å². The average molecular weight is 665 g/mol. The molecule has 256 valence electrons. The Morgan fingerprint density at radius 2 is 1.90 bits per heavy atom. The molecule has 2 aliphatic heterocycles. The Morgan fingerprint density at radius 1 is 1.10 bits per heavy atom. The van der Waals surface area contributed by atoms with E-state index in [4.69, 9.17) is 29.4 Å². The number of benzene rings is 1. The maximum atomic E-state index is 13.5. The Kier molecular flexibility index (Phi) is 9.24. The number of hydrogen-bond acceptors (Lipinski definition) is 13. The van der Waals surface area contributed by atoms with Crippen molar-refractivity contribution < 1.29 is 38.0 Å². The van der Waals surface area contributed by atoms with Gasteiger partial charge in [-0.3, -0.25) is 14.3 Å². The summed E-state index contributed by atoms with van der Waals surface area (Å²) < 4.78 is 38.1. The predicted molar refractivity (Wildman–Crippen MR) is 172 cm³/mol. The first-order chi connectivity index (χ1) is 23.0. The Morgan fingerprint density at radius 3 is 2.60 bits per heavy atom. The van der Waals surface area contributed by atoms with E-state index < -0.39 is 48.2 Å². The van der Waals surface area contributed by atoms with E-state index in [9.17, 15) is 9.59 Å². The van der Waals surface area contributed by atoms with Crippen molar-refractivity contribution in [3.63, 3.8) is 0 Å². The van der Waals surface area contributed by atoms with Gasteiger partial charge in [0.05, 0.1) is 32.4 Å². The molecule has 1 amide bonds. The number of methoxy groups -OCH3 is 3. The van der Waals surface area contributed by atoms with Crippen molar-refractivity contribution in [2.45, 2.75) is 63.2 Å². The molecule has 0 bridgehead atoms. The van der Waals surface area contributed by atoms with Crippen molar-refractivity contribution in [2.24, 2.45) is 12.8 Å².